The van der Waals surface area contributed by atoms with Gasteiger partial charge in [-0.3, -0.25) is 0 Å². The molecule has 2 aliphatic carbocycles. The number of alkyl halides is 1. The molecule has 110 valence electrons. The minimum atomic E-state index is 0.148. The third kappa shape index (κ3) is 2.86. The number of ether oxygens (including phenoxy) is 2. The summed E-state index contributed by atoms with van der Waals surface area (Å²) >= 11 is 10.2. The van der Waals surface area contributed by atoms with E-state index in [1.807, 2.05) is 6.07 Å². The maximum atomic E-state index is 6.68. The molecule has 0 spiro atoms. The number of hydrogen-bond acceptors (Lipinski definition) is 2. The Hall–Kier alpha value is -0.250. The van der Waals surface area contributed by atoms with Crippen LogP contribution in [0.1, 0.15) is 30.2 Å². The third-order valence-corrected chi connectivity index (χ3v) is 5.79. The number of rotatable bonds is 6. The van der Waals surface area contributed by atoms with Crippen molar-refractivity contribution in [2.24, 2.45) is 17.8 Å². The fraction of sp³-hybridized carbons (Fsp3) is 0.625. The first-order valence-electron chi connectivity index (χ1n) is 7.27. The van der Waals surface area contributed by atoms with Crippen LogP contribution in [0.25, 0.3) is 0 Å². The number of methoxy groups -OCH3 is 1. The van der Waals surface area contributed by atoms with E-state index in [9.17, 15) is 0 Å². The zero-order valence-corrected chi connectivity index (χ0v) is 14.0. The average molecular weight is 360 g/mol. The van der Waals surface area contributed by atoms with Crippen LogP contribution in [0.15, 0.2) is 22.7 Å². The summed E-state index contributed by atoms with van der Waals surface area (Å²) in [6.45, 7) is 1.16. The molecular formula is C16H20BrClO2. The summed E-state index contributed by atoms with van der Waals surface area (Å²) in [7, 11) is 1.67. The van der Waals surface area contributed by atoms with Crippen molar-refractivity contribution >= 4 is 27.5 Å². The standard InChI is InChI=1S/C16H20BrClO2/c1-19-7-8-20-14-6-5-10(9-13(14)17)16(18)15-11-3-2-4-12(11)15/h5-6,9,11-12,15-16H,2-4,7-8H2,1H3. The molecule has 1 aromatic rings. The Morgan fingerprint density at radius 1 is 1.30 bits per heavy atom. The lowest BCUT2D eigenvalue weighted by atomic mass is 10.0. The van der Waals surface area contributed by atoms with E-state index >= 15 is 0 Å². The van der Waals surface area contributed by atoms with Gasteiger partial charge in [-0.2, -0.15) is 0 Å². The minimum absolute atomic E-state index is 0.148. The van der Waals surface area contributed by atoms with Gasteiger partial charge in [0, 0.05) is 7.11 Å². The van der Waals surface area contributed by atoms with Crippen molar-refractivity contribution < 1.29 is 9.47 Å². The van der Waals surface area contributed by atoms with Crippen LogP contribution in [-0.4, -0.2) is 20.3 Å². The van der Waals surface area contributed by atoms with Crippen molar-refractivity contribution in [2.75, 3.05) is 20.3 Å². The predicted octanol–water partition coefficient (Wildman–Crippen LogP) is 4.80. The lowest BCUT2D eigenvalue weighted by Crippen LogP contribution is -2.05. The van der Waals surface area contributed by atoms with Crippen LogP contribution in [0, 0.1) is 17.8 Å². The quantitative estimate of drug-likeness (QED) is 0.536. The topological polar surface area (TPSA) is 18.5 Å². The summed E-state index contributed by atoms with van der Waals surface area (Å²) in [5.41, 5.74) is 1.21. The molecule has 4 heteroatoms. The zero-order chi connectivity index (χ0) is 14.1. The molecule has 2 nitrogen and oxygen atoms in total. The second-order valence-electron chi connectivity index (χ2n) is 5.77. The average Bonchev–Trinajstić information content (AvgIpc) is 2.92. The van der Waals surface area contributed by atoms with Crippen molar-refractivity contribution in [3.05, 3.63) is 28.2 Å². The van der Waals surface area contributed by atoms with Crippen molar-refractivity contribution in [1.82, 2.24) is 0 Å². The third-order valence-electron chi connectivity index (χ3n) is 4.63. The molecule has 3 unspecified atom stereocenters. The molecule has 0 saturated heterocycles. The molecule has 0 radical (unpaired) electrons. The summed E-state index contributed by atoms with van der Waals surface area (Å²) < 4.78 is 11.6. The summed E-state index contributed by atoms with van der Waals surface area (Å²) in [6, 6.07) is 6.20. The first-order chi connectivity index (χ1) is 9.72. The smallest absolute Gasteiger partial charge is 0.133 e. The SMILES string of the molecule is COCCOc1ccc(C(Cl)C2C3CCCC32)cc1Br. The van der Waals surface area contributed by atoms with Crippen molar-refractivity contribution in [1.29, 1.82) is 0 Å². The first kappa shape index (κ1) is 14.7. The number of halogens is 2. The van der Waals surface area contributed by atoms with Gasteiger partial charge in [0.05, 0.1) is 16.5 Å². The summed E-state index contributed by atoms with van der Waals surface area (Å²) in [5, 5.41) is 0.148. The molecule has 2 fully saturated rings. The van der Waals surface area contributed by atoms with E-state index in [0.29, 0.717) is 19.1 Å². The van der Waals surface area contributed by atoms with E-state index in [1.54, 1.807) is 7.11 Å². The second kappa shape index (κ2) is 6.25. The number of hydrogen-bond donors (Lipinski definition) is 0. The Labute approximate surface area is 133 Å². The maximum Gasteiger partial charge on any atom is 0.133 e. The highest BCUT2D eigenvalue weighted by Gasteiger charge is 2.55. The Bertz CT molecular complexity index is 470. The second-order valence-corrected chi connectivity index (χ2v) is 7.09. The van der Waals surface area contributed by atoms with Gasteiger partial charge in [0.1, 0.15) is 12.4 Å². The van der Waals surface area contributed by atoms with Crippen LogP contribution in [0.5, 0.6) is 5.75 Å². The Kier molecular flexibility index (Phi) is 4.58. The minimum Gasteiger partial charge on any atom is -0.490 e. The van der Waals surface area contributed by atoms with Gasteiger partial charge >= 0.3 is 0 Å². The maximum absolute atomic E-state index is 6.68. The van der Waals surface area contributed by atoms with Gasteiger partial charge in [-0.25, -0.2) is 0 Å². The summed E-state index contributed by atoms with van der Waals surface area (Å²) in [6.07, 6.45) is 4.14. The molecule has 0 aromatic heterocycles. The van der Waals surface area contributed by atoms with Crippen LogP contribution in [-0.2, 0) is 4.74 Å². The van der Waals surface area contributed by atoms with Gasteiger partial charge in [0.15, 0.2) is 0 Å². The Morgan fingerprint density at radius 2 is 2.05 bits per heavy atom. The molecule has 0 N–H and O–H groups in total. The summed E-state index contributed by atoms with van der Waals surface area (Å²) in [5.74, 6) is 3.31. The van der Waals surface area contributed by atoms with Gasteiger partial charge in [0.2, 0.25) is 0 Å². The predicted molar refractivity (Wildman–Crippen MR) is 84.4 cm³/mol. The van der Waals surface area contributed by atoms with Gasteiger partial charge in [-0.1, -0.05) is 12.5 Å². The van der Waals surface area contributed by atoms with Crippen LogP contribution in [0.3, 0.4) is 0 Å². The number of benzene rings is 1. The van der Waals surface area contributed by atoms with E-state index < -0.39 is 0 Å². The molecular weight excluding hydrogens is 340 g/mol. The van der Waals surface area contributed by atoms with Gasteiger partial charge in [0.25, 0.3) is 0 Å². The molecule has 1 aromatic carbocycles. The van der Waals surface area contributed by atoms with Gasteiger partial charge in [-0.15, -0.1) is 11.6 Å². The molecule has 2 saturated carbocycles. The van der Waals surface area contributed by atoms with Crippen molar-refractivity contribution in [3.63, 3.8) is 0 Å². The molecule has 0 bridgehead atoms. The molecule has 2 aliphatic rings. The van der Waals surface area contributed by atoms with Gasteiger partial charge < -0.3 is 9.47 Å². The molecule has 20 heavy (non-hydrogen) atoms. The van der Waals surface area contributed by atoms with Gasteiger partial charge in [-0.05, 0) is 64.2 Å². The number of fused-ring (bicyclic) bond motifs is 1. The van der Waals surface area contributed by atoms with E-state index in [0.717, 1.165) is 22.1 Å². The fourth-order valence-electron chi connectivity index (χ4n) is 3.57. The summed E-state index contributed by atoms with van der Waals surface area (Å²) in [4.78, 5) is 0. The molecule has 0 amide bonds. The Morgan fingerprint density at radius 3 is 2.70 bits per heavy atom. The lowest BCUT2D eigenvalue weighted by Gasteiger charge is -2.14. The molecule has 3 rings (SSSR count). The highest BCUT2D eigenvalue weighted by Crippen LogP contribution is 2.64. The highest BCUT2D eigenvalue weighted by molar-refractivity contribution is 9.10. The van der Waals surface area contributed by atoms with Crippen LogP contribution < -0.4 is 4.74 Å². The molecule has 0 aliphatic heterocycles. The van der Waals surface area contributed by atoms with Crippen LogP contribution >= 0.6 is 27.5 Å². The molecule has 0 heterocycles. The van der Waals surface area contributed by atoms with Crippen molar-refractivity contribution in [3.8, 4) is 5.75 Å². The fourth-order valence-corrected chi connectivity index (χ4v) is 4.59. The van der Waals surface area contributed by atoms with E-state index in [2.05, 4.69) is 28.1 Å². The highest BCUT2D eigenvalue weighted by atomic mass is 79.9. The van der Waals surface area contributed by atoms with E-state index in [-0.39, 0.29) is 5.38 Å². The first-order valence-corrected chi connectivity index (χ1v) is 8.50. The van der Waals surface area contributed by atoms with Crippen LogP contribution in [0.4, 0.5) is 0 Å². The van der Waals surface area contributed by atoms with E-state index in [4.69, 9.17) is 21.1 Å². The largest absolute Gasteiger partial charge is 0.490 e. The Balaban J connectivity index is 1.64. The normalized spacial score (nSPS) is 29.1. The molecule has 3 atom stereocenters. The van der Waals surface area contributed by atoms with E-state index in [1.165, 1.54) is 24.8 Å². The van der Waals surface area contributed by atoms with Crippen molar-refractivity contribution in [2.45, 2.75) is 24.6 Å². The van der Waals surface area contributed by atoms with Crippen LogP contribution in [0.2, 0.25) is 0 Å². The lowest BCUT2D eigenvalue weighted by molar-refractivity contribution is 0.146. The zero-order valence-electron chi connectivity index (χ0n) is 11.6. The monoisotopic (exact) mass is 358 g/mol.